The fourth-order valence-corrected chi connectivity index (χ4v) is 1.60. The lowest BCUT2D eigenvalue weighted by Crippen LogP contribution is -2.17. The molecule has 0 spiro atoms. The van der Waals surface area contributed by atoms with Gasteiger partial charge in [0.2, 0.25) is 0 Å². The number of ether oxygens (including phenoxy) is 1. The van der Waals surface area contributed by atoms with Gasteiger partial charge in [0.25, 0.3) is 0 Å². The molecule has 0 fully saturated rings. The van der Waals surface area contributed by atoms with Crippen molar-refractivity contribution in [2.75, 3.05) is 7.11 Å². The predicted molar refractivity (Wildman–Crippen MR) is 66.6 cm³/mol. The summed E-state index contributed by atoms with van der Waals surface area (Å²) in [5.74, 6) is 0.821. The van der Waals surface area contributed by atoms with Crippen LogP contribution in [0.2, 0.25) is 5.02 Å². The number of halogens is 1. The molecule has 0 aromatic carbocycles. The van der Waals surface area contributed by atoms with E-state index in [1.54, 1.807) is 17.0 Å². The molecule has 0 bridgehead atoms. The topological polar surface area (TPSA) is 78.8 Å². The Kier molecular flexibility index (Phi) is 3.21. The lowest BCUT2D eigenvalue weighted by molar-refractivity contribution is 0.379. The van der Waals surface area contributed by atoms with Crippen LogP contribution in [0.15, 0.2) is 18.6 Å². The van der Waals surface area contributed by atoms with Crippen LogP contribution in [0.3, 0.4) is 0 Å². The molecule has 0 aliphatic carbocycles. The number of imidazole rings is 1. The summed E-state index contributed by atoms with van der Waals surface area (Å²) in [6, 6.07) is 0.201. The number of methoxy groups -OCH3 is 1. The van der Waals surface area contributed by atoms with E-state index in [1.807, 2.05) is 0 Å². The fraction of sp³-hybridized carbons (Fsp3) is 0.111. The molecule has 2 rings (SSSR count). The van der Waals surface area contributed by atoms with Crippen molar-refractivity contribution in [3.63, 3.8) is 0 Å². The number of aromatic nitrogens is 4. The first-order valence-corrected chi connectivity index (χ1v) is 5.32. The second-order valence-corrected chi connectivity index (χ2v) is 3.86. The van der Waals surface area contributed by atoms with Gasteiger partial charge in [0, 0.05) is 12.4 Å². The number of hydrogen-bond donors (Lipinski definition) is 1. The normalized spacial score (nSPS) is 10.2. The largest absolute Gasteiger partial charge is 0.467 e. The Hall–Kier alpha value is -1.73. The van der Waals surface area contributed by atoms with Crippen molar-refractivity contribution in [3.8, 4) is 11.8 Å². The van der Waals surface area contributed by atoms with Gasteiger partial charge in [-0.15, -0.1) is 0 Å². The highest BCUT2D eigenvalue weighted by Gasteiger charge is 2.13. The molecule has 0 saturated carbocycles. The first-order valence-electron chi connectivity index (χ1n) is 4.53. The second kappa shape index (κ2) is 4.64. The monoisotopic (exact) mass is 269 g/mol. The number of nitrogens with zero attached hydrogens (tertiary/aromatic N) is 4. The Morgan fingerprint density at radius 2 is 2.29 bits per heavy atom. The van der Waals surface area contributed by atoms with Crippen molar-refractivity contribution >= 4 is 28.8 Å². The lowest BCUT2D eigenvalue weighted by atomic mass is 10.5. The minimum Gasteiger partial charge on any atom is -0.467 e. The Morgan fingerprint density at radius 1 is 1.53 bits per heavy atom. The summed E-state index contributed by atoms with van der Waals surface area (Å²) in [6.07, 6.45) is 4.65. The first-order chi connectivity index (χ1) is 8.13. The molecule has 0 aliphatic rings. The first kappa shape index (κ1) is 11.7. The number of hydrogen-bond acceptors (Lipinski definition) is 5. The van der Waals surface area contributed by atoms with E-state index in [-0.39, 0.29) is 11.0 Å². The lowest BCUT2D eigenvalue weighted by Gasteiger charge is -2.08. The summed E-state index contributed by atoms with van der Waals surface area (Å²) in [5.41, 5.74) is 5.55. The molecular weight excluding hydrogens is 262 g/mol. The van der Waals surface area contributed by atoms with Crippen molar-refractivity contribution < 1.29 is 4.74 Å². The second-order valence-electron chi connectivity index (χ2n) is 3.01. The molecule has 0 atom stereocenters. The Labute approximate surface area is 107 Å². The minimum atomic E-state index is 0.156. The molecule has 2 aromatic heterocycles. The van der Waals surface area contributed by atoms with E-state index in [2.05, 4.69) is 15.0 Å². The van der Waals surface area contributed by atoms with E-state index in [0.717, 1.165) is 0 Å². The average molecular weight is 270 g/mol. The van der Waals surface area contributed by atoms with Crippen molar-refractivity contribution in [2.45, 2.75) is 0 Å². The van der Waals surface area contributed by atoms with Gasteiger partial charge in [-0.1, -0.05) is 23.8 Å². The van der Waals surface area contributed by atoms with E-state index >= 15 is 0 Å². The van der Waals surface area contributed by atoms with Gasteiger partial charge in [-0.25, -0.2) is 9.97 Å². The van der Waals surface area contributed by atoms with Crippen LogP contribution < -0.4 is 10.5 Å². The Balaban J connectivity index is 2.59. The quantitative estimate of drug-likeness (QED) is 0.836. The zero-order chi connectivity index (χ0) is 12.4. The van der Waals surface area contributed by atoms with Crippen LogP contribution in [0.5, 0.6) is 6.01 Å². The van der Waals surface area contributed by atoms with Crippen LogP contribution in [0, 0.1) is 0 Å². The van der Waals surface area contributed by atoms with Crippen LogP contribution in [0.4, 0.5) is 0 Å². The molecule has 6 nitrogen and oxygen atoms in total. The third kappa shape index (κ3) is 2.20. The molecule has 88 valence electrons. The van der Waals surface area contributed by atoms with Crippen LogP contribution in [-0.4, -0.2) is 31.6 Å². The zero-order valence-corrected chi connectivity index (χ0v) is 10.4. The van der Waals surface area contributed by atoms with Gasteiger partial charge in [0.1, 0.15) is 10.0 Å². The summed E-state index contributed by atoms with van der Waals surface area (Å²) < 4.78 is 6.51. The SMILES string of the molecule is COc1ncc(Cl)c(-n2ccnc2C(N)=S)n1. The molecule has 0 unspecified atom stereocenters. The number of thiocarbonyl (C=S) groups is 1. The summed E-state index contributed by atoms with van der Waals surface area (Å²) in [7, 11) is 1.47. The van der Waals surface area contributed by atoms with Gasteiger partial charge < -0.3 is 10.5 Å². The van der Waals surface area contributed by atoms with E-state index in [9.17, 15) is 0 Å². The summed E-state index contributed by atoms with van der Waals surface area (Å²) in [6.45, 7) is 0. The van der Waals surface area contributed by atoms with E-state index in [4.69, 9.17) is 34.3 Å². The summed E-state index contributed by atoms with van der Waals surface area (Å²) in [5, 5.41) is 0.348. The molecule has 0 aliphatic heterocycles. The Bertz CT molecular complexity index is 570. The molecule has 2 aromatic rings. The molecule has 2 heterocycles. The maximum absolute atomic E-state index is 6.01. The maximum Gasteiger partial charge on any atom is 0.318 e. The van der Waals surface area contributed by atoms with Crippen LogP contribution in [-0.2, 0) is 0 Å². The van der Waals surface area contributed by atoms with Gasteiger partial charge in [-0.05, 0) is 0 Å². The highest BCUT2D eigenvalue weighted by Crippen LogP contribution is 2.20. The van der Waals surface area contributed by atoms with Gasteiger partial charge in [0.05, 0.1) is 13.3 Å². The average Bonchev–Trinajstić information content (AvgIpc) is 2.78. The third-order valence-corrected chi connectivity index (χ3v) is 2.42. The number of rotatable bonds is 3. The van der Waals surface area contributed by atoms with Gasteiger partial charge in [0.15, 0.2) is 11.6 Å². The zero-order valence-electron chi connectivity index (χ0n) is 8.79. The molecule has 0 saturated heterocycles. The van der Waals surface area contributed by atoms with E-state index < -0.39 is 0 Å². The smallest absolute Gasteiger partial charge is 0.318 e. The molecule has 0 amide bonds. The van der Waals surface area contributed by atoms with Gasteiger partial charge >= 0.3 is 6.01 Å². The van der Waals surface area contributed by atoms with Gasteiger partial charge in [-0.3, -0.25) is 4.57 Å². The highest BCUT2D eigenvalue weighted by molar-refractivity contribution is 7.80. The molecule has 17 heavy (non-hydrogen) atoms. The summed E-state index contributed by atoms with van der Waals surface area (Å²) >= 11 is 10.9. The minimum absolute atomic E-state index is 0.156. The Morgan fingerprint density at radius 3 is 2.94 bits per heavy atom. The molecular formula is C9H8ClN5OS. The maximum atomic E-state index is 6.01. The van der Waals surface area contributed by atoms with Gasteiger partial charge in [-0.2, -0.15) is 4.98 Å². The predicted octanol–water partition coefficient (Wildman–Crippen LogP) is 0.958. The van der Waals surface area contributed by atoms with Crippen molar-refractivity contribution in [2.24, 2.45) is 5.73 Å². The third-order valence-electron chi connectivity index (χ3n) is 1.98. The van der Waals surface area contributed by atoms with Crippen molar-refractivity contribution in [1.82, 2.24) is 19.5 Å². The van der Waals surface area contributed by atoms with E-state index in [1.165, 1.54) is 13.3 Å². The molecule has 8 heteroatoms. The van der Waals surface area contributed by atoms with Crippen molar-refractivity contribution in [1.29, 1.82) is 0 Å². The van der Waals surface area contributed by atoms with Crippen LogP contribution in [0.1, 0.15) is 5.82 Å². The summed E-state index contributed by atoms with van der Waals surface area (Å²) in [4.78, 5) is 12.2. The standard InChI is InChI=1S/C9H8ClN5OS/c1-16-9-13-4-5(10)7(14-9)15-3-2-12-8(15)6(11)17/h2-4H,1H3,(H2,11,17). The highest BCUT2D eigenvalue weighted by atomic mass is 35.5. The molecule has 2 N–H and O–H groups in total. The van der Waals surface area contributed by atoms with Crippen LogP contribution >= 0.6 is 23.8 Å². The van der Waals surface area contributed by atoms with Crippen LogP contribution in [0.25, 0.3) is 5.82 Å². The van der Waals surface area contributed by atoms with Crippen molar-refractivity contribution in [3.05, 3.63) is 29.4 Å². The number of nitrogens with two attached hydrogens (primary N) is 1. The van der Waals surface area contributed by atoms with E-state index in [0.29, 0.717) is 16.7 Å². The molecule has 0 radical (unpaired) electrons. The fourth-order valence-electron chi connectivity index (χ4n) is 1.27.